The summed E-state index contributed by atoms with van der Waals surface area (Å²) in [5.74, 6) is 0.581. The van der Waals surface area contributed by atoms with E-state index in [0.29, 0.717) is 24.6 Å². The number of carbonyl (C=O) groups is 2. The van der Waals surface area contributed by atoms with Gasteiger partial charge < -0.3 is 20.9 Å². The first-order chi connectivity index (χ1) is 12.1. The molecule has 1 saturated heterocycles. The molecule has 1 aliphatic rings. The summed E-state index contributed by atoms with van der Waals surface area (Å²) in [4.78, 5) is 30.2. The van der Waals surface area contributed by atoms with Crippen molar-refractivity contribution in [2.24, 2.45) is 4.99 Å². The lowest BCUT2D eigenvalue weighted by Gasteiger charge is -2.17. The van der Waals surface area contributed by atoms with Gasteiger partial charge in [0, 0.05) is 32.2 Å². The standard InChI is InChI=1S/C18H27N5O2.HI/c1-3-20-18(22-13-16(24)23-9-4-5-10-23)21-12-14-7-6-8-15(11-14)17(25)19-2;/h6-8,11H,3-5,9-10,12-13H2,1-2H3,(H,19,25)(H2,20,21,22);1H. The minimum Gasteiger partial charge on any atom is -0.357 e. The number of guanidine groups is 1. The molecule has 2 amide bonds. The van der Waals surface area contributed by atoms with E-state index in [1.54, 1.807) is 13.1 Å². The van der Waals surface area contributed by atoms with Gasteiger partial charge in [0.1, 0.15) is 0 Å². The number of aliphatic imine (C=N–C) groups is 1. The van der Waals surface area contributed by atoms with Gasteiger partial charge in [-0.25, -0.2) is 4.99 Å². The van der Waals surface area contributed by atoms with Crippen molar-refractivity contribution in [2.75, 3.05) is 33.2 Å². The van der Waals surface area contributed by atoms with Crippen molar-refractivity contribution in [3.8, 4) is 0 Å². The van der Waals surface area contributed by atoms with Crippen LogP contribution in [-0.4, -0.2) is 55.9 Å². The number of halogens is 1. The highest BCUT2D eigenvalue weighted by Crippen LogP contribution is 2.07. The van der Waals surface area contributed by atoms with Crippen LogP contribution in [0.1, 0.15) is 35.7 Å². The zero-order chi connectivity index (χ0) is 18.1. The van der Waals surface area contributed by atoms with Gasteiger partial charge in [0.2, 0.25) is 5.91 Å². The van der Waals surface area contributed by atoms with Crippen molar-refractivity contribution in [2.45, 2.75) is 26.3 Å². The molecule has 0 saturated carbocycles. The normalized spacial score (nSPS) is 13.8. The molecule has 144 valence electrons. The lowest BCUT2D eigenvalue weighted by Crippen LogP contribution is -2.44. The molecule has 1 heterocycles. The van der Waals surface area contributed by atoms with Crippen LogP contribution in [0.3, 0.4) is 0 Å². The van der Waals surface area contributed by atoms with Crippen LogP contribution in [0.2, 0.25) is 0 Å². The van der Waals surface area contributed by atoms with E-state index in [1.807, 2.05) is 30.0 Å². The zero-order valence-electron chi connectivity index (χ0n) is 15.4. The molecule has 26 heavy (non-hydrogen) atoms. The number of nitrogens with zero attached hydrogens (tertiary/aromatic N) is 2. The van der Waals surface area contributed by atoms with Crippen molar-refractivity contribution in [3.63, 3.8) is 0 Å². The highest BCUT2D eigenvalue weighted by atomic mass is 127. The Labute approximate surface area is 172 Å². The van der Waals surface area contributed by atoms with Crippen LogP contribution in [0.5, 0.6) is 0 Å². The van der Waals surface area contributed by atoms with Crippen LogP contribution in [0.25, 0.3) is 0 Å². The third kappa shape index (κ3) is 6.81. The van der Waals surface area contributed by atoms with Crippen LogP contribution in [-0.2, 0) is 11.3 Å². The van der Waals surface area contributed by atoms with Crippen molar-refractivity contribution >= 4 is 41.8 Å². The fraction of sp³-hybridized carbons (Fsp3) is 0.500. The number of carbonyl (C=O) groups excluding carboxylic acids is 2. The molecule has 1 aliphatic heterocycles. The van der Waals surface area contributed by atoms with Crippen molar-refractivity contribution < 1.29 is 9.59 Å². The summed E-state index contributed by atoms with van der Waals surface area (Å²) in [5.41, 5.74) is 1.54. The number of amides is 2. The molecule has 8 heteroatoms. The Bertz CT molecular complexity index is 630. The summed E-state index contributed by atoms with van der Waals surface area (Å²) in [6, 6.07) is 7.35. The Morgan fingerprint density at radius 1 is 1.19 bits per heavy atom. The number of benzene rings is 1. The van der Waals surface area contributed by atoms with Gasteiger partial charge in [-0.1, -0.05) is 12.1 Å². The van der Waals surface area contributed by atoms with E-state index in [2.05, 4.69) is 20.9 Å². The van der Waals surface area contributed by atoms with Crippen LogP contribution in [0, 0.1) is 0 Å². The summed E-state index contributed by atoms with van der Waals surface area (Å²) in [7, 11) is 1.61. The second-order valence-electron chi connectivity index (χ2n) is 5.92. The molecule has 2 rings (SSSR count). The fourth-order valence-electron chi connectivity index (χ4n) is 2.71. The van der Waals surface area contributed by atoms with E-state index in [4.69, 9.17) is 0 Å². The Balaban J connectivity index is 0.00000338. The quantitative estimate of drug-likeness (QED) is 0.331. The molecule has 0 bridgehead atoms. The molecular weight excluding hydrogens is 445 g/mol. The molecule has 0 atom stereocenters. The van der Waals surface area contributed by atoms with E-state index in [-0.39, 0.29) is 42.3 Å². The largest absolute Gasteiger partial charge is 0.357 e. The molecule has 7 nitrogen and oxygen atoms in total. The molecule has 0 aromatic heterocycles. The molecular formula is C18H28IN5O2. The van der Waals surface area contributed by atoms with Gasteiger partial charge in [-0.2, -0.15) is 0 Å². The van der Waals surface area contributed by atoms with Crippen LogP contribution < -0.4 is 16.0 Å². The van der Waals surface area contributed by atoms with Crippen molar-refractivity contribution in [3.05, 3.63) is 35.4 Å². The highest BCUT2D eigenvalue weighted by molar-refractivity contribution is 14.0. The second-order valence-corrected chi connectivity index (χ2v) is 5.92. The molecule has 1 aromatic carbocycles. The summed E-state index contributed by atoms with van der Waals surface area (Å²) < 4.78 is 0. The highest BCUT2D eigenvalue weighted by Gasteiger charge is 2.17. The van der Waals surface area contributed by atoms with Gasteiger partial charge in [-0.05, 0) is 37.5 Å². The van der Waals surface area contributed by atoms with Crippen LogP contribution in [0.15, 0.2) is 29.3 Å². The lowest BCUT2D eigenvalue weighted by molar-refractivity contribution is -0.128. The summed E-state index contributed by atoms with van der Waals surface area (Å²) in [5, 5.41) is 8.83. The van der Waals surface area contributed by atoms with E-state index in [1.165, 1.54) is 0 Å². The summed E-state index contributed by atoms with van der Waals surface area (Å²) in [6.45, 7) is 5.05. The molecule has 0 aliphatic carbocycles. The monoisotopic (exact) mass is 473 g/mol. The number of rotatable bonds is 6. The summed E-state index contributed by atoms with van der Waals surface area (Å²) in [6.07, 6.45) is 2.17. The third-order valence-corrected chi connectivity index (χ3v) is 4.05. The Morgan fingerprint density at radius 3 is 2.58 bits per heavy atom. The number of hydrogen-bond donors (Lipinski definition) is 3. The van der Waals surface area contributed by atoms with E-state index >= 15 is 0 Å². The molecule has 1 fully saturated rings. The maximum absolute atomic E-state index is 12.1. The average Bonchev–Trinajstić information content (AvgIpc) is 3.18. The average molecular weight is 473 g/mol. The van der Waals surface area contributed by atoms with Crippen molar-refractivity contribution in [1.82, 2.24) is 20.9 Å². The predicted octanol–water partition coefficient (Wildman–Crippen LogP) is 1.34. The molecule has 0 spiro atoms. The molecule has 0 radical (unpaired) electrons. The van der Waals surface area contributed by atoms with Gasteiger partial charge in [-0.3, -0.25) is 9.59 Å². The minimum absolute atomic E-state index is 0. The Morgan fingerprint density at radius 2 is 1.92 bits per heavy atom. The van der Waals surface area contributed by atoms with Gasteiger partial charge in [0.25, 0.3) is 5.91 Å². The smallest absolute Gasteiger partial charge is 0.251 e. The molecule has 0 unspecified atom stereocenters. The Hall–Kier alpha value is -1.84. The number of likely N-dealkylation sites (tertiary alicyclic amines) is 1. The maximum atomic E-state index is 12.1. The first kappa shape index (κ1) is 22.2. The van der Waals surface area contributed by atoms with E-state index in [0.717, 1.165) is 31.5 Å². The first-order valence-corrected chi connectivity index (χ1v) is 8.75. The van der Waals surface area contributed by atoms with Gasteiger partial charge in [0.15, 0.2) is 5.96 Å². The minimum atomic E-state index is -0.118. The third-order valence-electron chi connectivity index (χ3n) is 4.05. The van der Waals surface area contributed by atoms with E-state index < -0.39 is 0 Å². The van der Waals surface area contributed by atoms with Crippen LogP contribution >= 0.6 is 24.0 Å². The Kier molecular flexibility index (Phi) is 10.0. The van der Waals surface area contributed by atoms with Crippen LogP contribution in [0.4, 0.5) is 0 Å². The first-order valence-electron chi connectivity index (χ1n) is 8.75. The van der Waals surface area contributed by atoms with Crippen molar-refractivity contribution in [1.29, 1.82) is 0 Å². The maximum Gasteiger partial charge on any atom is 0.251 e. The summed E-state index contributed by atoms with van der Waals surface area (Å²) >= 11 is 0. The zero-order valence-corrected chi connectivity index (χ0v) is 17.7. The molecule has 1 aromatic rings. The topological polar surface area (TPSA) is 85.8 Å². The predicted molar refractivity (Wildman–Crippen MR) is 114 cm³/mol. The number of hydrogen-bond acceptors (Lipinski definition) is 3. The second kappa shape index (κ2) is 11.7. The molecule has 3 N–H and O–H groups in total. The number of nitrogens with one attached hydrogen (secondary N) is 3. The lowest BCUT2D eigenvalue weighted by atomic mass is 10.1. The van der Waals surface area contributed by atoms with Gasteiger partial charge >= 0.3 is 0 Å². The fourth-order valence-corrected chi connectivity index (χ4v) is 2.71. The van der Waals surface area contributed by atoms with Gasteiger partial charge in [0.05, 0.1) is 13.1 Å². The SMILES string of the molecule is CCNC(=NCc1cccc(C(=O)NC)c1)NCC(=O)N1CCCC1.I. The van der Waals surface area contributed by atoms with Gasteiger partial charge in [-0.15, -0.1) is 24.0 Å². The van der Waals surface area contributed by atoms with E-state index in [9.17, 15) is 9.59 Å².